The average molecular weight is 395 g/mol. The minimum absolute atomic E-state index is 0.0989. The van der Waals surface area contributed by atoms with Gasteiger partial charge in [-0.15, -0.1) is 0 Å². The van der Waals surface area contributed by atoms with E-state index in [1.165, 1.54) is 18.4 Å². The van der Waals surface area contributed by atoms with E-state index in [4.69, 9.17) is 9.15 Å². The van der Waals surface area contributed by atoms with Crippen LogP contribution in [0, 0.1) is 11.3 Å². The number of hydrogen-bond acceptors (Lipinski definition) is 6. The molecule has 8 nitrogen and oxygen atoms in total. The minimum atomic E-state index is -0.892. The van der Waals surface area contributed by atoms with Crippen molar-refractivity contribution in [1.29, 1.82) is 5.26 Å². The van der Waals surface area contributed by atoms with Crippen molar-refractivity contribution >= 4 is 23.5 Å². The highest BCUT2D eigenvalue weighted by Crippen LogP contribution is 2.27. The molecular formula is C21H21N3O5. The Morgan fingerprint density at radius 3 is 2.55 bits per heavy atom. The van der Waals surface area contributed by atoms with Crippen molar-refractivity contribution in [3.63, 3.8) is 0 Å². The lowest BCUT2D eigenvalue weighted by Gasteiger charge is -2.31. The second-order valence-electron chi connectivity index (χ2n) is 6.86. The summed E-state index contributed by atoms with van der Waals surface area (Å²) in [5.41, 5.74) is -0.552. The number of furan rings is 1. The SMILES string of the molecule is N#CC1(NC(=O)COC(=O)c2ccccc2NC(=O)c2ccco2)CCCCC1. The number of esters is 1. The number of benzene rings is 1. The Hall–Kier alpha value is -3.60. The molecule has 8 heteroatoms. The molecule has 2 N–H and O–H groups in total. The lowest BCUT2D eigenvalue weighted by molar-refractivity contribution is -0.125. The summed E-state index contributed by atoms with van der Waals surface area (Å²) >= 11 is 0. The largest absolute Gasteiger partial charge is 0.459 e. The molecule has 1 saturated carbocycles. The Labute approximate surface area is 167 Å². The lowest BCUT2D eigenvalue weighted by atomic mass is 9.83. The zero-order valence-electron chi connectivity index (χ0n) is 15.8. The van der Waals surface area contributed by atoms with Crippen molar-refractivity contribution in [1.82, 2.24) is 5.32 Å². The van der Waals surface area contributed by atoms with Gasteiger partial charge in [-0.05, 0) is 37.1 Å². The van der Waals surface area contributed by atoms with E-state index in [1.54, 1.807) is 24.3 Å². The molecule has 2 aromatic rings. The van der Waals surface area contributed by atoms with E-state index in [0.29, 0.717) is 12.8 Å². The number of carbonyl (C=O) groups excluding carboxylic acids is 3. The van der Waals surface area contributed by atoms with E-state index in [-0.39, 0.29) is 17.0 Å². The summed E-state index contributed by atoms with van der Waals surface area (Å²) in [7, 11) is 0. The molecular weight excluding hydrogens is 374 g/mol. The van der Waals surface area contributed by atoms with Gasteiger partial charge in [0, 0.05) is 0 Å². The maximum absolute atomic E-state index is 12.4. The topological polar surface area (TPSA) is 121 Å². The Bertz CT molecular complexity index is 924. The fraction of sp³-hybridized carbons (Fsp3) is 0.333. The summed E-state index contributed by atoms with van der Waals surface area (Å²) in [6.07, 6.45) is 5.32. The molecule has 0 aliphatic heterocycles. The van der Waals surface area contributed by atoms with Gasteiger partial charge in [0.1, 0.15) is 5.54 Å². The number of nitrogens with zero attached hydrogens (tertiary/aromatic N) is 1. The Kier molecular flexibility index (Phi) is 6.29. The zero-order valence-corrected chi connectivity index (χ0v) is 15.8. The van der Waals surface area contributed by atoms with Gasteiger partial charge in [-0.3, -0.25) is 9.59 Å². The van der Waals surface area contributed by atoms with Gasteiger partial charge < -0.3 is 19.8 Å². The second-order valence-corrected chi connectivity index (χ2v) is 6.86. The fourth-order valence-corrected chi connectivity index (χ4v) is 3.29. The van der Waals surface area contributed by atoms with Crippen LogP contribution in [0.15, 0.2) is 47.1 Å². The Balaban J connectivity index is 1.60. The van der Waals surface area contributed by atoms with Crippen molar-refractivity contribution in [3.8, 4) is 6.07 Å². The predicted octanol–water partition coefficient (Wildman–Crippen LogP) is 3.03. The van der Waals surface area contributed by atoms with Crippen molar-refractivity contribution in [3.05, 3.63) is 54.0 Å². The number of nitrogens with one attached hydrogen (secondary N) is 2. The summed E-state index contributed by atoms with van der Waals surface area (Å²) in [4.78, 5) is 36.8. The molecule has 1 aliphatic carbocycles. The van der Waals surface area contributed by atoms with Crippen LogP contribution in [0.1, 0.15) is 53.0 Å². The normalized spacial score (nSPS) is 15.0. The van der Waals surface area contributed by atoms with Crippen LogP contribution in [0.4, 0.5) is 5.69 Å². The predicted molar refractivity (Wildman–Crippen MR) is 103 cm³/mol. The first-order valence-electron chi connectivity index (χ1n) is 9.36. The van der Waals surface area contributed by atoms with Gasteiger partial charge in [-0.1, -0.05) is 31.4 Å². The van der Waals surface area contributed by atoms with Crippen LogP contribution < -0.4 is 10.6 Å². The number of anilines is 1. The first-order valence-corrected chi connectivity index (χ1v) is 9.36. The fourth-order valence-electron chi connectivity index (χ4n) is 3.29. The van der Waals surface area contributed by atoms with E-state index in [1.807, 2.05) is 0 Å². The van der Waals surface area contributed by atoms with Crippen molar-refractivity contribution < 1.29 is 23.5 Å². The van der Waals surface area contributed by atoms with E-state index in [9.17, 15) is 19.6 Å². The maximum Gasteiger partial charge on any atom is 0.340 e. The third kappa shape index (κ3) is 5.02. The van der Waals surface area contributed by atoms with Crippen LogP contribution in [0.2, 0.25) is 0 Å². The zero-order chi connectivity index (χ0) is 20.7. The van der Waals surface area contributed by atoms with Crippen LogP contribution >= 0.6 is 0 Å². The molecule has 29 heavy (non-hydrogen) atoms. The average Bonchev–Trinajstić information content (AvgIpc) is 3.28. The molecule has 150 valence electrons. The molecule has 2 amide bonds. The molecule has 1 aromatic carbocycles. The quantitative estimate of drug-likeness (QED) is 0.725. The molecule has 1 heterocycles. The molecule has 0 atom stereocenters. The molecule has 0 unspecified atom stereocenters. The second kappa shape index (κ2) is 9.06. The number of hydrogen-bond donors (Lipinski definition) is 2. The molecule has 0 spiro atoms. The van der Waals surface area contributed by atoms with Crippen LogP contribution in [0.5, 0.6) is 0 Å². The number of ether oxygens (including phenoxy) is 1. The monoisotopic (exact) mass is 395 g/mol. The summed E-state index contributed by atoms with van der Waals surface area (Å²) < 4.78 is 10.1. The summed E-state index contributed by atoms with van der Waals surface area (Å²) in [5, 5.41) is 14.7. The van der Waals surface area contributed by atoms with E-state index >= 15 is 0 Å². The molecule has 1 fully saturated rings. The van der Waals surface area contributed by atoms with Crippen LogP contribution in [0.3, 0.4) is 0 Å². The summed E-state index contributed by atoms with van der Waals surface area (Å²) in [5.74, 6) is -1.70. The molecule has 3 rings (SSSR count). The number of nitriles is 1. The van der Waals surface area contributed by atoms with Crippen molar-refractivity contribution in [2.24, 2.45) is 0 Å². The first kappa shape index (κ1) is 20.1. The standard InChI is InChI=1S/C21H21N3O5/c22-14-21(10-4-1-5-11-21)24-18(25)13-29-20(27)15-7-2-3-8-16(15)23-19(26)17-9-6-12-28-17/h2-3,6-9,12H,1,4-5,10-11,13H2,(H,23,26)(H,24,25). The number of carbonyl (C=O) groups is 3. The Morgan fingerprint density at radius 1 is 1.10 bits per heavy atom. The summed E-state index contributed by atoms with van der Waals surface area (Å²) in [6.45, 7) is -0.511. The number of rotatable bonds is 6. The van der Waals surface area contributed by atoms with Gasteiger partial charge in [0.2, 0.25) is 0 Å². The van der Waals surface area contributed by atoms with Crippen molar-refractivity contribution in [2.75, 3.05) is 11.9 Å². The number of para-hydroxylation sites is 1. The molecule has 1 aliphatic rings. The highest BCUT2D eigenvalue weighted by molar-refractivity contribution is 6.06. The molecule has 0 bridgehead atoms. The van der Waals surface area contributed by atoms with Gasteiger partial charge in [-0.2, -0.15) is 5.26 Å². The van der Waals surface area contributed by atoms with Crippen LogP contribution in [-0.2, 0) is 9.53 Å². The van der Waals surface area contributed by atoms with Gasteiger partial charge in [-0.25, -0.2) is 4.79 Å². The van der Waals surface area contributed by atoms with Gasteiger partial charge in [0.25, 0.3) is 11.8 Å². The highest BCUT2D eigenvalue weighted by Gasteiger charge is 2.33. The van der Waals surface area contributed by atoms with Gasteiger partial charge in [0.15, 0.2) is 12.4 Å². The van der Waals surface area contributed by atoms with Gasteiger partial charge in [0.05, 0.1) is 23.6 Å². The third-order valence-electron chi connectivity index (χ3n) is 4.77. The van der Waals surface area contributed by atoms with E-state index in [0.717, 1.165) is 19.3 Å². The first-order chi connectivity index (χ1) is 14.0. The van der Waals surface area contributed by atoms with Gasteiger partial charge >= 0.3 is 5.97 Å². The van der Waals surface area contributed by atoms with E-state index < -0.39 is 29.9 Å². The molecule has 0 saturated heterocycles. The lowest BCUT2D eigenvalue weighted by Crippen LogP contribution is -2.50. The molecule has 0 radical (unpaired) electrons. The highest BCUT2D eigenvalue weighted by atomic mass is 16.5. The maximum atomic E-state index is 12.4. The van der Waals surface area contributed by atoms with Crippen LogP contribution in [-0.4, -0.2) is 29.9 Å². The third-order valence-corrected chi connectivity index (χ3v) is 4.77. The van der Waals surface area contributed by atoms with Crippen LogP contribution in [0.25, 0.3) is 0 Å². The Morgan fingerprint density at radius 2 is 1.86 bits per heavy atom. The van der Waals surface area contributed by atoms with E-state index in [2.05, 4.69) is 16.7 Å². The minimum Gasteiger partial charge on any atom is -0.459 e. The number of amides is 2. The summed E-state index contributed by atoms with van der Waals surface area (Å²) in [6, 6.07) is 11.6. The van der Waals surface area contributed by atoms with Crippen molar-refractivity contribution in [2.45, 2.75) is 37.6 Å². The smallest absolute Gasteiger partial charge is 0.340 e. The molecule has 1 aromatic heterocycles.